The predicted molar refractivity (Wildman–Crippen MR) is 114 cm³/mol. The Balaban J connectivity index is 2.01. The molecule has 30 heavy (non-hydrogen) atoms. The second-order valence-electron chi connectivity index (χ2n) is 6.62. The molecule has 8 heteroatoms. The summed E-state index contributed by atoms with van der Waals surface area (Å²) >= 11 is 7.24. The number of benzene rings is 2. The van der Waals surface area contributed by atoms with Crippen LogP contribution in [0.3, 0.4) is 0 Å². The molecule has 0 bridgehead atoms. The molecule has 0 amide bonds. The first-order chi connectivity index (χ1) is 14.4. The lowest BCUT2D eigenvalue weighted by Gasteiger charge is -2.24. The summed E-state index contributed by atoms with van der Waals surface area (Å²) in [5.41, 5.74) is 1.23. The van der Waals surface area contributed by atoms with Crippen molar-refractivity contribution in [3.63, 3.8) is 0 Å². The molecular formula is C22H16ClFN2O3S. The summed E-state index contributed by atoms with van der Waals surface area (Å²) < 4.78 is 20.9. The first-order valence-corrected chi connectivity index (χ1v) is 10.2. The van der Waals surface area contributed by atoms with Crippen molar-refractivity contribution in [1.29, 1.82) is 0 Å². The molecule has 2 aromatic carbocycles. The third-order valence-electron chi connectivity index (χ3n) is 4.82. The van der Waals surface area contributed by atoms with Gasteiger partial charge in [0, 0.05) is 5.56 Å². The Hall–Kier alpha value is -3.03. The zero-order valence-electron chi connectivity index (χ0n) is 16.1. The average molecular weight is 443 g/mol. The minimum atomic E-state index is -0.701. The number of hydrogen-bond donors (Lipinski definition) is 0. The highest BCUT2D eigenvalue weighted by Crippen LogP contribution is 2.30. The van der Waals surface area contributed by atoms with Crippen molar-refractivity contribution in [2.24, 2.45) is 4.99 Å². The molecule has 1 atom stereocenters. The van der Waals surface area contributed by atoms with Crippen molar-refractivity contribution in [2.45, 2.75) is 13.0 Å². The molecule has 0 fully saturated rings. The van der Waals surface area contributed by atoms with Crippen LogP contribution >= 0.6 is 22.9 Å². The number of ether oxygens (including phenoxy) is 1. The van der Waals surface area contributed by atoms with Crippen LogP contribution in [0.25, 0.3) is 6.08 Å². The minimum Gasteiger partial charge on any atom is -0.466 e. The standard InChI is InChI=1S/C22H16ClFN2O3S/c1-12-18(21(28)29-2)19(13-7-4-3-5-8-13)26-20(27)17(30-22(26)25-12)11-14-15(23)9-6-10-16(14)24/h3-11,19H,1-2H3/b17-11-/t19-/m1/s1. The zero-order valence-corrected chi connectivity index (χ0v) is 17.6. The van der Waals surface area contributed by atoms with Gasteiger partial charge >= 0.3 is 5.97 Å². The number of methoxy groups -OCH3 is 1. The van der Waals surface area contributed by atoms with E-state index in [4.69, 9.17) is 16.3 Å². The average Bonchev–Trinajstić information content (AvgIpc) is 3.04. The van der Waals surface area contributed by atoms with Gasteiger partial charge in [-0.3, -0.25) is 9.36 Å². The van der Waals surface area contributed by atoms with Gasteiger partial charge in [-0.25, -0.2) is 14.2 Å². The molecule has 5 nitrogen and oxygen atoms in total. The van der Waals surface area contributed by atoms with E-state index in [-0.39, 0.29) is 26.3 Å². The summed E-state index contributed by atoms with van der Waals surface area (Å²) in [4.78, 5) is 30.7. The van der Waals surface area contributed by atoms with Crippen LogP contribution < -0.4 is 14.9 Å². The summed E-state index contributed by atoms with van der Waals surface area (Å²) in [6, 6.07) is 12.8. The second-order valence-corrected chi connectivity index (χ2v) is 8.04. The Kier molecular flexibility index (Phi) is 5.40. The number of carbonyl (C=O) groups excluding carboxylic acids is 1. The molecule has 0 unspecified atom stereocenters. The lowest BCUT2D eigenvalue weighted by molar-refractivity contribution is -0.136. The summed E-state index contributed by atoms with van der Waals surface area (Å²) in [5, 5.41) is 0.201. The summed E-state index contributed by atoms with van der Waals surface area (Å²) in [7, 11) is 1.29. The fourth-order valence-electron chi connectivity index (χ4n) is 3.42. The number of halogens is 2. The maximum absolute atomic E-state index is 14.3. The summed E-state index contributed by atoms with van der Waals surface area (Å²) in [6.07, 6.45) is 1.42. The molecule has 1 aliphatic heterocycles. The molecule has 0 N–H and O–H groups in total. The lowest BCUT2D eigenvalue weighted by Crippen LogP contribution is -2.39. The van der Waals surface area contributed by atoms with Gasteiger partial charge in [0.1, 0.15) is 5.82 Å². The van der Waals surface area contributed by atoms with Gasteiger partial charge in [-0.15, -0.1) is 0 Å². The number of fused-ring (bicyclic) bond motifs is 1. The van der Waals surface area contributed by atoms with Crippen LogP contribution in [0.4, 0.5) is 4.39 Å². The van der Waals surface area contributed by atoms with E-state index < -0.39 is 17.8 Å². The molecule has 3 aromatic rings. The van der Waals surface area contributed by atoms with E-state index in [2.05, 4.69) is 4.99 Å². The number of thiazole rings is 1. The van der Waals surface area contributed by atoms with Gasteiger partial charge in [0.15, 0.2) is 4.80 Å². The van der Waals surface area contributed by atoms with Gasteiger partial charge in [0.05, 0.1) is 34.0 Å². The Labute approximate surface area is 180 Å². The first kappa shape index (κ1) is 20.3. The van der Waals surface area contributed by atoms with Crippen LogP contribution in [-0.2, 0) is 9.53 Å². The van der Waals surface area contributed by atoms with E-state index in [0.717, 1.165) is 16.9 Å². The van der Waals surface area contributed by atoms with Crippen molar-refractivity contribution in [3.8, 4) is 0 Å². The SMILES string of the molecule is COC(=O)C1=C(C)N=c2s/c(=C\c3c(F)cccc3Cl)c(=O)n2[C@@H]1c1ccccc1. The van der Waals surface area contributed by atoms with Crippen molar-refractivity contribution in [2.75, 3.05) is 7.11 Å². The molecule has 0 spiro atoms. The Morgan fingerprint density at radius 3 is 2.63 bits per heavy atom. The van der Waals surface area contributed by atoms with Crippen LogP contribution in [0.15, 0.2) is 69.6 Å². The molecule has 2 heterocycles. The predicted octanol–water partition coefficient (Wildman–Crippen LogP) is 3.20. The lowest BCUT2D eigenvalue weighted by atomic mass is 9.96. The quantitative estimate of drug-likeness (QED) is 0.585. The minimum absolute atomic E-state index is 0.129. The monoisotopic (exact) mass is 442 g/mol. The summed E-state index contributed by atoms with van der Waals surface area (Å²) in [6.45, 7) is 1.70. The van der Waals surface area contributed by atoms with E-state index >= 15 is 0 Å². The fraction of sp³-hybridized carbons (Fsp3) is 0.136. The topological polar surface area (TPSA) is 60.7 Å². The van der Waals surface area contributed by atoms with Crippen molar-refractivity contribution in [3.05, 3.63) is 101 Å². The van der Waals surface area contributed by atoms with Crippen molar-refractivity contribution < 1.29 is 13.9 Å². The Bertz CT molecular complexity index is 1340. The molecule has 1 aromatic heterocycles. The third-order valence-corrected chi connectivity index (χ3v) is 6.13. The highest BCUT2D eigenvalue weighted by Gasteiger charge is 2.32. The van der Waals surface area contributed by atoms with Crippen LogP contribution in [0, 0.1) is 5.82 Å². The number of hydrogen-bond acceptors (Lipinski definition) is 5. The van der Waals surface area contributed by atoms with E-state index in [1.165, 1.54) is 29.9 Å². The first-order valence-electron chi connectivity index (χ1n) is 9.02. The second kappa shape index (κ2) is 8.01. The van der Waals surface area contributed by atoms with Gasteiger partial charge < -0.3 is 4.74 Å². The van der Waals surface area contributed by atoms with Crippen LogP contribution in [0.2, 0.25) is 5.02 Å². The molecule has 0 saturated carbocycles. The molecule has 1 aliphatic rings. The molecule has 0 radical (unpaired) electrons. The third kappa shape index (κ3) is 3.40. The highest BCUT2D eigenvalue weighted by atomic mass is 35.5. The number of esters is 1. The van der Waals surface area contributed by atoms with Crippen molar-refractivity contribution >= 4 is 35.0 Å². The van der Waals surface area contributed by atoms with Crippen molar-refractivity contribution in [1.82, 2.24) is 4.57 Å². The van der Waals surface area contributed by atoms with Crippen LogP contribution in [0.1, 0.15) is 24.1 Å². The normalized spacial score (nSPS) is 16.3. The molecule has 152 valence electrons. The Morgan fingerprint density at radius 2 is 1.97 bits per heavy atom. The van der Waals surface area contributed by atoms with Gasteiger partial charge in [-0.1, -0.05) is 59.3 Å². The van der Waals surface area contributed by atoms with E-state index in [9.17, 15) is 14.0 Å². The maximum Gasteiger partial charge on any atom is 0.338 e. The largest absolute Gasteiger partial charge is 0.466 e. The highest BCUT2D eigenvalue weighted by molar-refractivity contribution is 7.07. The number of rotatable bonds is 3. The van der Waals surface area contributed by atoms with Gasteiger partial charge in [0.2, 0.25) is 0 Å². The molecule has 0 saturated heterocycles. The fourth-order valence-corrected chi connectivity index (χ4v) is 4.67. The number of nitrogens with zero attached hydrogens (tertiary/aromatic N) is 2. The molecule has 4 rings (SSSR count). The van der Waals surface area contributed by atoms with Gasteiger partial charge in [-0.2, -0.15) is 0 Å². The van der Waals surface area contributed by atoms with Crippen LogP contribution in [-0.4, -0.2) is 17.6 Å². The van der Waals surface area contributed by atoms with E-state index in [1.54, 1.807) is 13.0 Å². The Morgan fingerprint density at radius 1 is 1.23 bits per heavy atom. The molecule has 0 aliphatic carbocycles. The number of aromatic nitrogens is 1. The number of allylic oxidation sites excluding steroid dienone is 1. The van der Waals surface area contributed by atoms with Gasteiger partial charge in [0.25, 0.3) is 5.56 Å². The number of carbonyl (C=O) groups is 1. The van der Waals surface area contributed by atoms with Gasteiger partial charge in [-0.05, 0) is 30.7 Å². The van der Waals surface area contributed by atoms with Crippen LogP contribution in [0.5, 0.6) is 0 Å². The van der Waals surface area contributed by atoms with E-state index in [1.807, 2.05) is 30.3 Å². The van der Waals surface area contributed by atoms with E-state index in [0.29, 0.717) is 10.5 Å². The zero-order chi connectivity index (χ0) is 21.4. The molecular weight excluding hydrogens is 427 g/mol. The smallest absolute Gasteiger partial charge is 0.338 e. The summed E-state index contributed by atoms with van der Waals surface area (Å²) in [5.74, 6) is -1.09. The maximum atomic E-state index is 14.3.